The van der Waals surface area contributed by atoms with Gasteiger partial charge in [0.05, 0.1) is 5.25 Å². The van der Waals surface area contributed by atoms with E-state index < -0.39 is 10.0 Å². The first-order valence-corrected chi connectivity index (χ1v) is 7.30. The van der Waals surface area contributed by atoms with Gasteiger partial charge in [-0.3, -0.25) is 4.90 Å². The second kappa shape index (κ2) is 4.03. The summed E-state index contributed by atoms with van der Waals surface area (Å²) in [5.41, 5.74) is 0. The summed E-state index contributed by atoms with van der Waals surface area (Å²) in [6.07, 6.45) is 3.33. The van der Waals surface area contributed by atoms with E-state index in [4.69, 9.17) is 0 Å². The lowest BCUT2D eigenvalue weighted by Gasteiger charge is -2.22. The van der Waals surface area contributed by atoms with Gasteiger partial charge in [0.2, 0.25) is 10.0 Å². The lowest BCUT2D eigenvalue weighted by Crippen LogP contribution is -2.44. The summed E-state index contributed by atoms with van der Waals surface area (Å²) in [5, 5.41) is -0.326. The van der Waals surface area contributed by atoms with Crippen LogP contribution in [0.5, 0.6) is 0 Å². The van der Waals surface area contributed by atoms with Crippen molar-refractivity contribution in [3.8, 4) is 0 Å². The second-order valence-electron chi connectivity index (χ2n) is 4.85. The van der Waals surface area contributed by atoms with Crippen LogP contribution >= 0.6 is 0 Å². The Labute approximate surface area is 92.1 Å². The summed E-state index contributed by atoms with van der Waals surface area (Å²) in [6, 6.07) is 0.610. The normalized spacial score (nSPS) is 32.5. The molecule has 5 heteroatoms. The van der Waals surface area contributed by atoms with Crippen LogP contribution in [0.1, 0.15) is 33.1 Å². The van der Waals surface area contributed by atoms with Crippen LogP contribution in [-0.4, -0.2) is 43.7 Å². The fraction of sp³-hybridized carbons (Fsp3) is 1.00. The molecule has 88 valence electrons. The molecule has 0 amide bonds. The number of sulfonamides is 1. The van der Waals surface area contributed by atoms with Gasteiger partial charge in [0.15, 0.2) is 0 Å². The van der Waals surface area contributed by atoms with Crippen molar-refractivity contribution >= 4 is 10.0 Å². The predicted molar refractivity (Wildman–Crippen MR) is 60.2 cm³/mol. The van der Waals surface area contributed by atoms with Gasteiger partial charge in [0.25, 0.3) is 0 Å². The van der Waals surface area contributed by atoms with Crippen LogP contribution in [0.15, 0.2) is 0 Å². The van der Waals surface area contributed by atoms with Crippen molar-refractivity contribution in [1.82, 2.24) is 9.62 Å². The highest BCUT2D eigenvalue weighted by Crippen LogP contribution is 2.28. The van der Waals surface area contributed by atoms with Crippen LogP contribution in [0.3, 0.4) is 0 Å². The van der Waals surface area contributed by atoms with E-state index in [9.17, 15) is 8.42 Å². The molecule has 0 bridgehead atoms. The molecule has 0 aromatic carbocycles. The third kappa shape index (κ3) is 2.19. The van der Waals surface area contributed by atoms with Gasteiger partial charge in [-0.1, -0.05) is 0 Å². The third-order valence-electron chi connectivity index (χ3n) is 3.54. The molecule has 0 spiro atoms. The zero-order valence-corrected chi connectivity index (χ0v) is 10.3. The molecule has 0 saturated carbocycles. The number of nitrogens with zero attached hydrogens (tertiary/aromatic N) is 1. The van der Waals surface area contributed by atoms with E-state index in [0.29, 0.717) is 6.04 Å². The summed E-state index contributed by atoms with van der Waals surface area (Å²) in [6.45, 7) is 5.65. The maximum absolute atomic E-state index is 11.7. The van der Waals surface area contributed by atoms with Gasteiger partial charge in [-0.25, -0.2) is 13.1 Å². The minimum Gasteiger partial charge on any atom is -0.299 e. The molecule has 2 heterocycles. The number of nitrogens with one attached hydrogen (secondary N) is 1. The molecule has 2 fully saturated rings. The van der Waals surface area contributed by atoms with Gasteiger partial charge in [0.1, 0.15) is 0 Å². The Kier molecular flexibility index (Phi) is 3.05. The first kappa shape index (κ1) is 11.4. The maximum atomic E-state index is 11.7. The molecule has 1 N–H and O–H groups in total. The topological polar surface area (TPSA) is 49.4 Å². The van der Waals surface area contributed by atoms with E-state index >= 15 is 0 Å². The van der Waals surface area contributed by atoms with Gasteiger partial charge in [-0.05, 0) is 39.7 Å². The highest BCUT2D eigenvalue weighted by molar-refractivity contribution is 7.90. The molecule has 0 aliphatic carbocycles. The molecule has 2 rings (SSSR count). The summed E-state index contributed by atoms with van der Waals surface area (Å²) >= 11 is 0. The molecule has 2 unspecified atom stereocenters. The van der Waals surface area contributed by atoms with Crippen molar-refractivity contribution < 1.29 is 8.42 Å². The fourth-order valence-corrected chi connectivity index (χ4v) is 3.54. The van der Waals surface area contributed by atoms with Crippen molar-refractivity contribution in [3.05, 3.63) is 0 Å². The van der Waals surface area contributed by atoms with Gasteiger partial charge < -0.3 is 0 Å². The highest BCUT2D eigenvalue weighted by atomic mass is 32.2. The molecule has 2 atom stereocenters. The summed E-state index contributed by atoms with van der Waals surface area (Å²) < 4.78 is 26.3. The standard InChI is InChI=1S/C10H20N2O2S/c1-8(2)15(13,14)11-9-5-7-12-6-3-4-10(9)12/h8-11H,3-7H2,1-2H3. The van der Waals surface area contributed by atoms with E-state index in [1.807, 2.05) is 0 Å². The van der Waals surface area contributed by atoms with Gasteiger partial charge in [-0.15, -0.1) is 0 Å². The maximum Gasteiger partial charge on any atom is 0.214 e. The largest absolute Gasteiger partial charge is 0.299 e. The quantitative estimate of drug-likeness (QED) is 0.773. The van der Waals surface area contributed by atoms with Crippen LogP contribution in [-0.2, 0) is 10.0 Å². The van der Waals surface area contributed by atoms with Gasteiger partial charge >= 0.3 is 0 Å². The minimum atomic E-state index is -3.10. The van der Waals surface area contributed by atoms with E-state index in [1.165, 1.54) is 6.42 Å². The zero-order valence-electron chi connectivity index (χ0n) is 9.44. The monoisotopic (exact) mass is 232 g/mol. The molecule has 2 saturated heterocycles. The highest BCUT2D eigenvalue weighted by Gasteiger charge is 2.39. The van der Waals surface area contributed by atoms with Crippen molar-refractivity contribution in [1.29, 1.82) is 0 Å². The van der Waals surface area contributed by atoms with Crippen LogP contribution in [0.4, 0.5) is 0 Å². The smallest absolute Gasteiger partial charge is 0.214 e. The Morgan fingerprint density at radius 1 is 1.27 bits per heavy atom. The predicted octanol–water partition coefficient (Wildman–Crippen LogP) is 0.551. The van der Waals surface area contributed by atoms with Crippen LogP contribution in [0.2, 0.25) is 0 Å². The third-order valence-corrected chi connectivity index (χ3v) is 5.41. The molecule has 0 aromatic heterocycles. The molecule has 15 heavy (non-hydrogen) atoms. The van der Waals surface area contributed by atoms with Crippen LogP contribution in [0.25, 0.3) is 0 Å². The van der Waals surface area contributed by atoms with Crippen LogP contribution in [0, 0.1) is 0 Å². The number of hydrogen-bond acceptors (Lipinski definition) is 3. The lowest BCUT2D eigenvalue weighted by atomic mass is 10.1. The van der Waals surface area contributed by atoms with Crippen LogP contribution < -0.4 is 4.72 Å². The average Bonchev–Trinajstić information content (AvgIpc) is 2.69. The van der Waals surface area contributed by atoms with Gasteiger partial charge in [0, 0.05) is 18.6 Å². The Morgan fingerprint density at radius 2 is 2.00 bits per heavy atom. The Hall–Kier alpha value is -0.130. The zero-order chi connectivity index (χ0) is 11.1. The summed E-state index contributed by atoms with van der Waals surface area (Å²) in [7, 11) is -3.10. The molecular formula is C10H20N2O2S. The molecule has 2 aliphatic rings. The fourth-order valence-electron chi connectivity index (χ4n) is 2.57. The SMILES string of the molecule is CC(C)S(=O)(=O)NC1CCN2CCCC12. The molecular weight excluding hydrogens is 212 g/mol. The van der Waals surface area contributed by atoms with Gasteiger partial charge in [-0.2, -0.15) is 0 Å². The first-order valence-electron chi connectivity index (χ1n) is 5.76. The first-order chi connectivity index (χ1) is 7.00. The molecule has 4 nitrogen and oxygen atoms in total. The van der Waals surface area contributed by atoms with Crippen molar-refractivity contribution in [3.63, 3.8) is 0 Å². The number of fused-ring (bicyclic) bond motifs is 1. The molecule has 0 radical (unpaired) electrons. The minimum absolute atomic E-state index is 0.153. The Bertz CT molecular complexity index is 326. The van der Waals surface area contributed by atoms with E-state index in [0.717, 1.165) is 25.9 Å². The van der Waals surface area contributed by atoms with Crippen molar-refractivity contribution in [2.75, 3.05) is 13.1 Å². The molecule has 2 aliphatic heterocycles. The average molecular weight is 232 g/mol. The van der Waals surface area contributed by atoms with E-state index in [1.54, 1.807) is 13.8 Å². The van der Waals surface area contributed by atoms with E-state index in [2.05, 4.69) is 9.62 Å². The van der Waals surface area contributed by atoms with Crippen molar-refractivity contribution in [2.24, 2.45) is 0 Å². The summed E-state index contributed by atoms with van der Waals surface area (Å²) in [4.78, 5) is 2.41. The molecule has 0 aromatic rings. The number of rotatable bonds is 3. The Morgan fingerprint density at radius 3 is 2.67 bits per heavy atom. The van der Waals surface area contributed by atoms with Crippen molar-refractivity contribution in [2.45, 2.75) is 50.4 Å². The Balaban J connectivity index is 2.01. The second-order valence-corrected chi connectivity index (χ2v) is 7.12. The number of hydrogen-bond donors (Lipinski definition) is 1. The summed E-state index contributed by atoms with van der Waals surface area (Å²) in [5.74, 6) is 0. The lowest BCUT2D eigenvalue weighted by molar-refractivity contribution is 0.308. The van der Waals surface area contributed by atoms with E-state index in [-0.39, 0.29) is 11.3 Å².